The van der Waals surface area contributed by atoms with Crippen LogP contribution in [0.5, 0.6) is 0 Å². The summed E-state index contributed by atoms with van der Waals surface area (Å²) in [4.78, 5) is 82.3. The molecule has 5 aliphatic heterocycles. The average Bonchev–Trinajstić information content (AvgIpc) is 1.34. The highest BCUT2D eigenvalue weighted by molar-refractivity contribution is 5.83. The topological polar surface area (TPSA) is 254 Å². The summed E-state index contributed by atoms with van der Waals surface area (Å²) in [5.41, 5.74) is 1.09. The Labute approximate surface area is 608 Å². The summed E-state index contributed by atoms with van der Waals surface area (Å²) in [7, 11) is 0. The third kappa shape index (κ3) is 18.0. The van der Waals surface area contributed by atoms with E-state index in [1.807, 2.05) is 69.2 Å². The summed E-state index contributed by atoms with van der Waals surface area (Å²) in [5.74, 6) is 1.37. The molecule has 8 saturated carbocycles. The van der Waals surface area contributed by atoms with Crippen molar-refractivity contribution in [2.75, 3.05) is 6.61 Å². The first-order valence-corrected chi connectivity index (χ1v) is 39.4. The summed E-state index contributed by atoms with van der Waals surface area (Å²) in [6, 6.07) is 17.2. The number of fused-ring (bicyclic) bond motifs is 2. The Kier molecular flexibility index (Phi) is 25.6. The van der Waals surface area contributed by atoms with Crippen molar-refractivity contribution in [3.05, 3.63) is 70.8 Å². The smallest absolute Gasteiger partial charge is 0.347 e. The molecule has 0 spiro atoms. The number of cyclic esters (lactones) is 1. The third-order valence-corrected chi connectivity index (χ3v) is 26.2. The number of carbonyl (C=O) groups excluding carboxylic acids is 7. The molecule has 18 heteroatoms. The predicted octanol–water partition coefficient (Wildman–Crippen LogP) is 15.6. The molecule has 0 amide bonds. The van der Waals surface area contributed by atoms with Crippen molar-refractivity contribution in [1.82, 2.24) is 0 Å². The number of aliphatic hydroxyl groups is 3. The monoisotopic (exact) mass is 1420 g/mol. The van der Waals surface area contributed by atoms with Crippen molar-refractivity contribution in [3.63, 3.8) is 0 Å². The van der Waals surface area contributed by atoms with Crippen LogP contribution in [0.1, 0.15) is 305 Å². The van der Waals surface area contributed by atoms with Crippen molar-refractivity contribution < 1.29 is 86.8 Å². The molecule has 15 rings (SSSR count). The van der Waals surface area contributed by atoms with Gasteiger partial charge in [0, 0.05) is 24.7 Å². The number of carbonyl (C=O) groups is 7. The molecule has 15 atom stereocenters. The molecule has 3 N–H and O–H groups in total. The van der Waals surface area contributed by atoms with Gasteiger partial charge in [0.15, 0.2) is 12.2 Å². The molecule has 8 bridgehead atoms. The second-order valence-electron chi connectivity index (χ2n) is 35.3. The average molecular weight is 1420 g/mol. The molecule has 5 heterocycles. The molecule has 0 radical (unpaired) electrons. The summed E-state index contributed by atoms with van der Waals surface area (Å²) < 4.78 is 43.2. The Morgan fingerprint density at radius 3 is 1.40 bits per heavy atom. The zero-order valence-corrected chi connectivity index (χ0v) is 64.6. The Balaban J connectivity index is 0.000000143. The lowest BCUT2D eigenvalue weighted by Crippen LogP contribution is -2.61. The molecule has 13 aliphatic rings. The highest BCUT2D eigenvalue weighted by atomic mass is 16.7. The van der Waals surface area contributed by atoms with E-state index < -0.39 is 62.7 Å². The molecule has 5 saturated heterocycles. The van der Waals surface area contributed by atoms with Gasteiger partial charge in [-0.15, -0.1) is 0 Å². The molecule has 15 unspecified atom stereocenters. The van der Waals surface area contributed by atoms with Crippen LogP contribution in [0.4, 0.5) is 0 Å². The van der Waals surface area contributed by atoms with Gasteiger partial charge in [-0.05, 0) is 217 Å². The quantitative estimate of drug-likeness (QED) is 0.0926. The molecule has 2 aromatic carbocycles. The second kappa shape index (κ2) is 32.3. The number of rotatable bonds is 18. The van der Waals surface area contributed by atoms with E-state index in [0.29, 0.717) is 74.2 Å². The standard InChI is InChI=1S/C16H26O3.C16H24O.C15H22O.C14H20O4.C13H18O5.C10H16O4/c1-4-14(2,3)13(17)19-16-8-11-5-12(9-16)7-15(18,6-11)10-16;1-3-13(2)14-7-9-15(10-8-14)16(17)11-5-4-6-12-16;1-3-12(2)13-6-8-14(9-7-13)15(16)10-4-5-11-15;1-4-14(2,3)13(16)18-10-7-5-8-9(6-7)12(15)17-11(8)10;1-4-13(2,3)12(15)18-9-7-5-6-8(16-7)10(9)17-11(6)14;1-4-10(2,3)9(12)14-7-5-6-13-8(7)11/h11-12,18H,4-10H2,1-3H3;7-10,13,17H,3-6,11-12H2,1-2H3;6-9,12,16H,3-5,10-11H2,1-2H3;7-11H,4-6H2,1-3H3;6-10H,4-5H2,1-3H3;7H,4-6H2,1-3H3. The lowest BCUT2D eigenvalue weighted by molar-refractivity contribution is -0.225. The van der Waals surface area contributed by atoms with Crippen LogP contribution < -0.4 is 0 Å². The van der Waals surface area contributed by atoms with E-state index in [1.165, 1.54) is 36.8 Å². The van der Waals surface area contributed by atoms with Gasteiger partial charge in [0.25, 0.3) is 0 Å². The fraction of sp³-hybridized carbons (Fsp3) is 0.774. The van der Waals surface area contributed by atoms with Gasteiger partial charge in [0.1, 0.15) is 23.9 Å². The highest BCUT2D eigenvalue weighted by Crippen LogP contribution is 2.60. The Morgan fingerprint density at radius 2 is 0.951 bits per heavy atom. The fourth-order valence-corrected chi connectivity index (χ4v) is 17.4. The number of ether oxygens (including phenoxy) is 8. The lowest BCUT2D eigenvalue weighted by atomic mass is 9.52. The van der Waals surface area contributed by atoms with Gasteiger partial charge in [-0.3, -0.25) is 28.8 Å². The van der Waals surface area contributed by atoms with Crippen molar-refractivity contribution in [1.29, 1.82) is 0 Å². The van der Waals surface area contributed by atoms with Crippen LogP contribution in [0, 0.1) is 57.2 Å². The van der Waals surface area contributed by atoms with E-state index in [9.17, 15) is 48.9 Å². The van der Waals surface area contributed by atoms with Gasteiger partial charge < -0.3 is 53.2 Å². The largest absolute Gasteiger partial charge is 0.463 e. The van der Waals surface area contributed by atoms with E-state index >= 15 is 0 Å². The summed E-state index contributed by atoms with van der Waals surface area (Å²) in [5, 5.41) is 31.7. The van der Waals surface area contributed by atoms with Crippen LogP contribution in [-0.4, -0.2) is 118 Å². The van der Waals surface area contributed by atoms with Crippen molar-refractivity contribution >= 4 is 41.8 Å². The normalized spacial score (nSPS) is 32.6. The molecule has 570 valence electrons. The van der Waals surface area contributed by atoms with Crippen LogP contribution in [0.3, 0.4) is 0 Å². The van der Waals surface area contributed by atoms with Crippen molar-refractivity contribution in [3.8, 4) is 0 Å². The first-order chi connectivity index (χ1) is 47.9. The number of hydrogen-bond donors (Lipinski definition) is 3. The number of esters is 7. The minimum atomic E-state index is -0.687. The molecular weight excluding hydrogens is 1300 g/mol. The zero-order valence-electron chi connectivity index (χ0n) is 64.6. The van der Waals surface area contributed by atoms with E-state index in [0.717, 1.165) is 114 Å². The van der Waals surface area contributed by atoms with Crippen molar-refractivity contribution in [2.45, 2.75) is 348 Å². The molecule has 0 aromatic heterocycles. The van der Waals surface area contributed by atoms with Gasteiger partial charge >= 0.3 is 41.8 Å². The second-order valence-corrected chi connectivity index (χ2v) is 35.3. The minimum Gasteiger partial charge on any atom is -0.463 e. The molecule has 18 nitrogen and oxygen atoms in total. The van der Waals surface area contributed by atoms with Crippen LogP contribution in [0.2, 0.25) is 0 Å². The maximum Gasteiger partial charge on any atom is 0.347 e. The van der Waals surface area contributed by atoms with Crippen molar-refractivity contribution in [2.24, 2.45) is 57.2 Å². The zero-order chi connectivity index (χ0) is 74.7. The molecule has 8 aliphatic carbocycles. The van der Waals surface area contributed by atoms with Gasteiger partial charge in [0.2, 0.25) is 6.10 Å². The van der Waals surface area contributed by atoms with Gasteiger partial charge in [0.05, 0.1) is 63.0 Å². The summed E-state index contributed by atoms with van der Waals surface area (Å²) in [6.07, 6.45) is 21.2. The molecule has 102 heavy (non-hydrogen) atoms. The fourth-order valence-electron chi connectivity index (χ4n) is 17.4. The van der Waals surface area contributed by atoms with Crippen LogP contribution in [0.25, 0.3) is 0 Å². The summed E-state index contributed by atoms with van der Waals surface area (Å²) in [6.45, 7) is 32.1. The van der Waals surface area contributed by atoms with Gasteiger partial charge in [-0.1, -0.05) is 136 Å². The molecular formula is C84H126O18. The number of benzene rings is 2. The van der Waals surface area contributed by atoms with E-state index in [4.69, 9.17) is 37.9 Å². The molecule has 13 fully saturated rings. The Hall–Kier alpha value is -5.43. The van der Waals surface area contributed by atoms with E-state index in [1.54, 1.807) is 13.8 Å². The number of hydrogen-bond acceptors (Lipinski definition) is 18. The maximum atomic E-state index is 12.4. The first kappa shape index (κ1) is 80.7. The Morgan fingerprint density at radius 1 is 0.510 bits per heavy atom. The molecule has 2 aromatic rings. The first-order valence-electron chi connectivity index (χ1n) is 39.4. The SMILES string of the molecule is CCC(C)(C)C(=O)OC12CC3CC(CC(O)(C3)C1)C2.CCC(C)(C)C(=O)OC1C2CC3C(=O)OC1C3C2.CCC(C)(C)C(=O)OC1C2CC3C(=O)OC1C3O2.CCC(C)(C)C(=O)OC1CCOC1=O.CCC(C)c1ccc(C2(O)CCCC2)cc1.CCC(C)c1ccc(C2(O)CCCCC2)cc1. The third-order valence-electron chi connectivity index (χ3n) is 26.2. The van der Waals surface area contributed by atoms with Crippen LogP contribution in [-0.2, 0) is 82.7 Å². The minimum absolute atomic E-state index is 0.0779. The van der Waals surface area contributed by atoms with E-state index in [2.05, 4.69) is 76.2 Å². The van der Waals surface area contributed by atoms with Crippen LogP contribution in [0.15, 0.2) is 48.5 Å². The maximum absolute atomic E-state index is 12.4. The highest BCUT2D eigenvalue weighted by Gasteiger charge is 2.66. The van der Waals surface area contributed by atoms with Gasteiger partial charge in [-0.25, -0.2) is 4.79 Å². The lowest BCUT2D eigenvalue weighted by Gasteiger charge is -2.59. The Bertz CT molecular complexity index is 3130. The van der Waals surface area contributed by atoms with Crippen LogP contribution >= 0.6 is 0 Å². The van der Waals surface area contributed by atoms with E-state index in [-0.39, 0.29) is 77.7 Å². The summed E-state index contributed by atoms with van der Waals surface area (Å²) >= 11 is 0. The predicted molar refractivity (Wildman–Crippen MR) is 386 cm³/mol. The van der Waals surface area contributed by atoms with Gasteiger partial charge in [-0.2, -0.15) is 0 Å².